The molecule has 4 heterocycles. The molecule has 9 nitrogen and oxygen atoms in total. The average Bonchev–Trinajstić information content (AvgIpc) is 3.57. The molecule has 1 amide bonds. The van der Waals surface area contributed by atoms with Crippen molar-refractivity contribution >= 4 is 34.2 Å². The van der Waals surface area contributed by atoms with Crippen LogP contribution in [0, 0.1) is 0 Å². The Balaban J connectivity index is 1.42. The maximum absolute atomic E-state index is 12.2. The number of hydrogen-bond acceptors (Lipinski definition) is 8. The summed E-state index contributed by atoms with van der Waals surface area (Å²) in [6, 6.07) is 10.1. The number of amides is 1. The normalized spacial score (nSPS) is 16.0. The Morgan fingerprint density at radius 3 is 2.74 bits per heavy atom. The first-order valence-corrected chi connectivity index (χ1v) is 13.6. The molecule has 0 saturated carbocycles. The standard InChI is InChI=1S/C28H33N5O4S/c1-28(2,3)37-27(34)30-13-22-17-32(10-11-36-22)25-23(20-9-12-38-18-20)14-29-26-24(25)15-31-33(26)16-19-5-7-21(35-4)8-6-19/h5-9,12,14-15,18,22H,10-11,13,16-17H2,1-4H3,(H,30,34). The van der Waals surface area contributed by atoms with Crippen LogP contribution < -0.4 is 15.0 Å². The zero-order chi connectivity index (χ0) is 26.7. The second kappa shape index (κ2) is 11.0. The zero-order valence-corrected chi connectivity index (χ0v) is 23.0. The van der Waals surface area contributed by atoms with Gasteiger partial charge in [0.05, 0.1) is 43.6 Å². The molecule has 4 aromatic rings. The molecule has 0 aliphatic carbocycles. The van der Waals surface area contributed by atoms with Crippen molar-refractivity contribution < 1.29 is 19.0 Å². The van der Waals surface area contributed by atoms with Gasteiger partial charge in [0.1, 0.15) is 11.4 Å². The van der Waals surface area contributed by atoms with Gasteiger partial charge in [-0.05, 0) is 60.9 Å². The van der Waals surface area contributed by atoms with E-state index < -0.39 is 11.7 Å². The minimum absolute atomic E-state index is 0.177. The van der Waals surface area contributed by atoms with Gasteiger partial charge in [-0.2, -0.15) is 16.4 Å². The fraction of sp³-hybridized carbons (Fsp3) is 0.393. The van der Waals surface area contributed by atoms with Gasteiger partial charge in [-0.15, -0.1) is 0 Å². The Morgan fingerprint density at radius 2 is 2.03 bits per heavy atom. The quantitative estimate of drug-likeness (QED) is 0.358. The van der Waals surface area contributed by atoms with Crippen LogP contribution in [0.3, 0.4) is 0 Å². The topological polar surface area (TPSA) is 90.7 Å². The van der Waals surface area contributed by atoms with Crippen LogP contribution in [-0.2, 0) is 16.0 Å². The van der Waals surface area contributed by atoms with Gasteiger partial charge < -0.3 is 24.4 Å². The molecule has 0 radical (unpaired) electrons. The van der Waals surface area contributed by atoms with Crippen molar-refractivity contribution in [3.8, 4) is 16.9 Å². The van der Waals surface area contributed by atoms with Crippen molar-refractivity contribution in [2.75, 3.05) is 38.3 Å². The van der Waals surface area contributed by atoms with Gasteiger partial charge >= 0.3 is 6.09 Å². The summed E-state index contributed by atoms with van der Waals surface area (Å²) in [6.45, 7) is 8.40. The van der Waals surface area contributed by atoms with E-state index in [1.165, 1.54) is 0 Å². The molecule has 0 spiro atoms. The first-order valence-electron chi connectivity index (χ1n) is 12.6. The number of methoxy groups -OCH3 is 1. The van der Waals surface area contributed by atoms with E-state index in [2.05, 4.69) is 27.0 Å². The van der Waals surface area contributed by atoms with Gasteiger partial charge in [-0.3, -0.25) is 0 Å². The fourth-order valence-electron chi connectivity index (χ4n) is 4.56. The van der Waals surface area contributed by atoms with Gasteiger partial charge in [0.25, 0.3) is 0 Å². The molecule has 0 bridgehead atoms. The van der Waals surface area contributed by atoms with Crippen molar-refractivity contribution in [2.45, 2.75) is 39.0 Å². The molecule has 3 aromatic heterocycles. The van der Waals surface area contributed by atoms with Crippen LogP contribution in [0.15, 0.2) is 53.5 Å². The Morgan fingerprint density at radius 1 is 1.21 bits per heavy atom. The minimum Gasteiger partial charge on any atom is -0.497 e. The van der Waals surface area contributed by atoms with Crippen LogP contribution in [0.4, 0.5) is 10.5 Å². The lowest BCUT2D eigenvalue weighted by Gasteiger charge is -2.36. The predicted molar refractivity (Wildman–Crippen MR) is 149 cm³/mol. The van der Waals surface area contributed by atoms with Gasteiger partial charge in [-0.25, -0.2) is 14.5 Å². The lowest BCUT2D eigenvalue weighted by molar-refractivity contribution is 0.0283. The molecule has 1 aliphatic heterocycles. The van der Waals surface area contributed by atoms with Crippen LogP contribution in [-0.4, -0.2) is 65.9 Å². The number of nitrogens with one attached hydrogen (secondary N) is 1. The first-order chi connectivity index (χ1) is 18.3. The number of pyridine rings is 1. The fourth-order valence-corrected chi connectivity index (χ4v) is 5.22. The summed E-state index contributed by atoms with van der Waals surface area (Å²) in [5, 5.41) is 12.8. The van der Waals surface area contributed by atoms with E-state index in [1.807, 2.05) is 62.1 Å². The second-order valence-electron chi connectivity index (χ2n) is 10.2. The molecule has 1 atom stereocenters. The largest absolute Gasteiger partial charge is 0.497 e. The van der Waals surface area contributed by atoms with Crippen molar-refractivity contribution in [3.05, 3.63) is 59.0 Å². The highest BCUT2D eigenvalue weighted by atomic mass is 32.1. The number of benzene rings is 1. The summed E-state index contributed by atoms with van der Waals surface area (Å²) in [5.41, 5.74) is 4.65. The number of thiophene rings is 1. The number of ether oxygens (including phenoxy) is 3. The summed E-state index contributed by atoms with van der Waals surface area (Å²) in [7, 11) is 1.66. The number of alkyl carbamates (subject to hydrolysis) is 1. The Hall–Kier alpha value is -3.63. The zero-order valence-electron chi connectivity index (χ0n) is 22.1. The van der Waals surface area contributed by atoms with Crippen LogP contribution in [0.25, 0.3) is 22.2 Å². The SMILES string of the molecule is COc1ccc(Cn2ncc3c(N4CCOC(CNC(=O)OC(C)(C)C)C4)c(-c4ccsc4)cnc32)cc1. The predicted octanol–water partition coefficient (Wildman–Crippen LogP) is 4.95. The highest BCUT2D eigenvalue weighted by molar-refractivity contribution is 7.08. The van der Waals surface area contributed by atoms with E-state index in [4.69, 9.17) is 24.3 Å². The van der Waals surface area contributed by atoms with Gasteiger partial charge in [0, 0.05) is 31.4 Å². The van der Waals surface area contributed by atoms with Crippen LogP contribution in [0.1, 0.15) is 26.3 Å². The number of anilines is 1. The molecule has 1 saturated heterocycles. The van der Waals surface area contributed by atoms with E-state index in [-0.39, 0.29) is 6.10 Å². The molecule has 1 N–H and O–H groups in total. The summed E-state index contributed by atoms with van der Waals surface area (Å²) in [5.74, 6) is 0.822. The van der Waals surface area contributed by atoms with E-state index >= 15 is 0 Å². The Labute approximate surface area is 226 Å². The van der Waals surface area contributed by atoms with E-state index in [0.29, 0.717) is 26.2 Å². The highest BCUT2D eigenvalue weighted by Gasteiger charge is 2.27. The number of carbonyl (C=O) groups excluding carboxylic acids is 1. The van der Waals surface area contributed by atoms with Gasteiger partial charge in [0.15, 0.2) is 5.65 Å². The average molecular weight is 536 g/mol. The van der Waals surface area contributed by atoms with E-state index in [0.717, 1.165) is 45.7 Å². The third-order valence-electron chi connectivity index (χ3n) is 6.29. The number of morpholine rings is 1. The van der Waals surface area contributed by atoms with Crippen molar-refractivity contribution in [3.63, 3.8) is 0 Å². The molecule has 38 heavy (non-hydrogen) atoms. The number of rotatable bonds is 7. The summed E-state index contributed by atoms with van der Waals surface area (Å²) >= 11 is 1.66. The molecule has 10 heteroatoms. The van der Waals surface area contributed by atoms with Crippen LogP contribution in [0.5, 0.6) is 5.75 Å². The number of hydrogen-bond donors (Lipinski definition) is 1. The highest BCUT2D eigenvalue weighted by Crippen LogP contribution is 2.38. The van der Waals surface area contributed by atoms with Crippen molar-refractivity contribution in [2.24, 2.45) is 0 Å². The smallest absolute Gasteiger partial charge is 0.407 e. The molecule has 1 aromatic carbocycles. The summed E-state index contributed by atoms with van der Waals surface area (Å²) in [4.78, 5) is 19.4. The minimum atomic E-state index is -0.548. The first kappa shape index (κ1) is 26.0. The number of fused-ring (bicyclic) bond motifs is 1. The summed E-state index contributed by atoms with van der Waals surface area (Å²) in [6.07, 6.45) is 3.22. The third-order valence-corrected chi connectivity index (χ3v) is 6.97. The maximum Gasteiger partial charge on any atom is 0.407 e. The number of aromatic nitrogens is 3. The molecule has 5 rings (SSSR count). The molecule has 1 aliphatic rings. The summed E-state index contributed by atoms with van der Waals surface area (Å²) < 4.78 is 18.6. The molecular weight excluding hydrogens is 502 g/mol. The van der Waals surface area contributed by atoms with Crippen LogP contribution in [0.2, 0.25) is 0 Å². The lowest BCUT2D eigenvalue weighted by Crippen LogP contribution is -2.48. The Kier molecular flexibility index (Phi) is 7.53. The number of nitrogens with zero attached hydrogens (tertiary/aromatic N) is 4. The van der Waals surface area contributed by atoms with Crippen molar-refractivity contribution in [1.29, 1.82) is 0 Å². The molecular formula is C28H33N5O4S. The van der Waals surface area contributed by atoms with Crippen LogP contribution >= 0.6 is 11.3 Å². The number of carbonyl (C=O) groups is 1. The van der Waals surface area contributed by atoms with E-state index in [1.54, 1.807) is 18.4 Å². The molecule has 1 fully saturated rings. The van der Waals surface area contributed by atoms with Gasteiger partial charge in [0.2, 0.25) is 0 Å². The third kappa shape index (κ3) is 5.92. The van der Waals surface area contributed by atoms with Gasteiger partial charge in [-0.1, -0.05) is 12.1 Å². The second-order valence-corrected chi connectivity index (χ2v) is 11.0. The van der Waals surface area contributed by atoms with E-state index in [9.17, 15) is 4.79 Å². The Bertz CT molecular complexity index is 1380. The maximum atomic E-state index is 12.2. The molecule has 200 valence electrons. The molecule has 1 unspecified atom stereocenters. The lowest BCUT2D eigenvalue weighted by atomic mass is 10.1. The van der Waals surface area contributed by atoms with Crippen molar-refractivity contribution in [1.82, 2.24) is 20.1 Å². The monoisotopic (exact) mass is 535 g/mol.